The van der Waals surface area contributed by atoms with E-state index in [9.17, 15) is 27.4 Å². The Morgan fingerprint density at radius 3 is 2.48 bits per heavy atom. The maximum absolute atomic E-state index is 13.1. The quantitative estimate of drug-likeness (QED) is 0.348. The third kappa shape index (κ3) is 3.21. The molecule has 0 atom stereocenters. The van der Waals surface area contributed by atoms with Gasteiger partial charge in [0.15, 0.2) is 0 Å². The van der Waals surface area contributed by atoms with Crippen molar-refractivity contribution < 1.29 is 36.5 Å². The van der Waals surface area contributed by atoms with E-state index in [0.717, 1.165) is 16.5 Å². The standard InChI is InChI=1S/C23H19NO8S/c1-3-31-17(25)10-24-8-12-4-5-14-13(16(12)9-24)6-7-15-19(14)21(27)20(26)18-11(2)23(32-22(15)18)33(28,29)30/h4-7H,3,8-10H2,1-2H3,(H,28,29,30). The second-order valence-electron chi connectivity index (χ2n) is 8.09. The molecular formula is C23H19NO8S. The SMILES string of the molecule is CCOC(=O)CN1Cc2ccc3c4c(ccc3c2C1)-c1oc(S(=O)(=O)O)c(C)c1C(=O)C4=O. The van der Waals surface area contributed by atoms with E-state index < -0.39 is 26.8 Å². The molecule has 5 rings (SSSR count). The van der Waals surface area contributed by atoms with Gasteiger partial charge in [0.05, 0.1) is 18.7 Å². The summed E-state index contributed by atoms with van der Waals surface area (Å²) in [5.41, 5.74) is 2.12. The molecule has 0 saturated heterocycles. The molecule has 1 aliphatic heterocycles. The predicted octanol–water partition coefficient (Wildman–Crippen LogP) is 2.91. The van der Waals surface area contributed by atoms with Gasteiger partial charge in [0.25, 0.3) is 0 Å². The van der Waals surface area contributed by atoms with Gasteiger partial charge in [-0.3, -0.25) is 23.8 Å². The number of nitrogens with zero attached hydrogens (tertiary/aromatic N) is 1. The van der Waals surface area contributed by atoms with Gasteiger partial charge in [-0.1, -0.05) is 18.2 Å². The zero-order chi connectivity index (χ0) is 23.7. The molecule has 33 heavy (non-hydrogen) atoms. The molecule has 1 aromatic heterocycles. The third-order valence-corrected chi connectivity index (χ3v) is 6.94. The Labute approximate surface area is 188 Å². The first-order valence-electron chi connectivity index (χ1n) is 10.3. The Bertz CT molecular complexity index is 1500. The van der Waals surface area contributed by atoms with Gasteiger partial charge in [-0.05, 0) is 41.8 Å². The van der Waals surface area contributed by atoms with E-state index in [2.05, 4.69) is 0 Å². The number of hydrogen-bond donors (Lipinski definition) is 1. The molecule has 2 aliphatic rings. The van der Waals surface area contributed by atoms with Crippen molar-refractivity contribution in [2.45, 2.75) is 32.0 Å². The summed E-state index contributed by atoms with van der Waals surface area (Å²) in [7, 11) is -4.72. The fourth-order valence-corrected chi connectivity index (χ4v) is 5.41. The average molecular weight is 469 g/mol. The van der Waals surface area contributed by atoms with Crippen LogP contribution in [0.25, 0.3) is 22.1 Å². The molecule has 1 N–H and O–H groups in total. The number of esters is 1. The summed E-state index contributed by atoms with van der Waals surface area (Å²) in [6.45, 7) is 4.53. The van der Waals surface area contributed by atoms with Crippen LogP contribution in [-0.2, 0) is 32.7 Å². The van der Waals surface area contributed by atoms with Crippen LogP contribution < -0.4 is 0 Å². The number of ketones is 2. The topological polar surface area (TPSA) is 131 Å². The molecule has 3 aromatic rings. The number of Topliss-reactive ketones (excluding diaryl/α,β-unsaturated/α-hetero) is 2. The second kappa shape index (κ2) is 7.34. The highest BCUT2D eigenvalue weighted by atomic mass is 32.2. The fraction of sp³-hybridized carbons (Fsp3) is 0.261. The van der Waals surface area contributed by atoms with Crippen molar-refractivity contribution in [3.05, 3.63) is 52.1 Å². The van der Waals surface area contributed by atoms with E-state index >= 15 is 0 Å². The van der Waals surface area contributed by atoms with Crippen LogP contribution in [0.1, 0.15) is 44.3 Å². The van der Waals surface area contributed by atoms with Crippen molar-refractivity contribution in [3.63, 3.8) is 0 Å². The highest BCUT2D eigenvalue weighted by Gasteiger charge is 2.40. The van der Waals surface area contributed by atoms with Crippen molar-refractivity contribution >= 4 is 38.4 Å². The van der Waals surface area contributed by atoms with Crippen LogP contribution in [0.5, 0.6) is 0 Å². The van der Waals surface area contributed by atoms with Gasteiger partial charge >= 0.3 is 16.1 Å². The molecule has 10 heteroatoms. The maximum Gasteiger partial charge on any atom is 0.328 e. The highest BCUT2D eigenvalue weighted by molar-refractivity contribution is 7.85. The summed E-state index contributed by atoms with van der Waals surface area (Å²) >= 11 is 0. The maximum atomic E-state index is 13.1. The van der Waals surface area contributed by atoms with Gasteiger partial charge in [0.2, 0.25) is 16.7 Å². The van der Waals surface area contributed by atoms with E-state index in [1.807, 2.05) is 11.0 Å². The zero-order valence-electron chi connectivity index (χ0n) is 17.8. The van der Waals surface area contributed by atoms with Crippen molar-refractivity contribution in [3.8, 4) is 11.3 Å². The first-order chi connectivity index (χ1) is 15.6. The van der Waals surface area contributed by atoms with Crippen molar-refractivity contribution in [1.29, 1.82) is 0 Å². The molecule has 0 unspecified atom stereocenters. The Balaban J connectivity index is 1.65. The molecule has 0 spiro atoms. The predicted molar refractivity (Wildman–Crippen MR) is 116 cm³/mol. The number of fused-ring (bicyclic) bond motifs is 7. The van der Waals surface area contributed by atoms with Gasteiger partial charge in [0.1, 0.15) is 5.76 Å². The molecule has 2 heterocycles. The molecule has 0 fully saturated rings. The molecule has 170 valence electrons. The van der Waals surface area contributed by atoms with Crippen molar-refractivity contribution in [2.24, 2.45) is 0 Å². The lowest BCUT2D eigenvalue weighted by Gasteiger charge is -2.17. The molecule has 0 radical (unpaired) electrons. The van der Waals surface area contributed by atoms with Crippen LogP contribution in [0.3, 0.4) is 0 Å². The third-order valence-electron chi connectivity index (χ3n) is 6.09. The van der Waals surface area contributed by atoms with E-state index in [-0.39, 0.29) is 35.0 Å². The number of hydrogen-bond acceptors (Lipinski definition) is 8. The fourth-order valence-electron chi connectivity index (χ4n) is 4.73. The Kier molecular flexibility index (Phi) is 4.78. The summed E-state index contributed by atoms with van der Waals surface area (Å²) < 4.78 is 43.3. The Morgan fingerprint density at radius 2 is 1.79 bits per heavy atom. The van der Waals surface area contributed by atoms with Crippen LogP contribution in [-0.4, -0.2) is 48.6 Å². The summed E-state index contributed by atoms with van der Waals surface area (Å²) in [6, 6.07) is 7.01. The van der Waals surface area contributed by atoms with Gasteiger partial charge in [-0.15, -0.1) is 0 Å². The number of carbonyl (C=O) groups excluding carboxylic acids is 3. The molecule has 0 bridgehead atoms. The van der Waals surface area contributed by atoms with Crippen molar-refractivity contribution in [2.75, 3.05) is 13.2 Å². The lowest BCUT2D eigenvalue weighted by atomic mass is 9.83. The van der Waals surface area contributed by atoms with Crippen LogP contribution in [0.2, 0.25) is 0 Å². The average Bonchev–Trinajstić information content (AvgIpc) is 3.32. The Hall–Kier alpha value is -3.34. The first-order valence-corrected chi connectivity index (χ1v) is 11.7. The molecule has 0 saturated carbocycles. The summed E-state index contributed by atoms with van der Waals surface area (Å²) in [6.07, 6.45) is 0. The summed E-state index contributed by atoms with van der Waals surface area (Å²) in [4.78, 5) is 39.8. The largest absolute Gasteiger partial charge is 0.465 e. The monoisotopic (exact) mass is 469 g/mol. The van der Waals surface area contributed by atoms with Crippen LogP contribution in [0, 0.1) is 6.92 Å². The summed E-state index contributed by atoms with van der Waals surface area (Å²) in [5, 5.41) is 0.557. The lowest BCUT2D eigenvalue weighted by Crippen LogP contribution is -2.26. The Morgan fingerprint density at radius 1 is 1.09 bits per heavy atom. The van der Waals surface area contributed by atoms with Gasteiger partial charge in [-0.2, -0.15) is 8.42 Å². The minimum Gasteiger partial charge on any atom is -0.465 e. The van der Waals surface area contributed by atoms with Crippen LogP contribution in [0.4, 0.5) is 0 Å². The molecule has 9 nitrogen and oxygen atoms in total. The van der Waals surface area contributed by atoms with E-state index in [1.54, 1.807) is 25.1 Å². The number of furan rings is 1. The van der Waals surface area contributed by atoms with Gasteiger partial charge in [0, 0.05) is 29.8 Å². The lowest BCUT2D eigenvalue weighted by molar-refractivity contribution is -0.144. The van der Waals surface area contributed by atoms with Gasteiger partial charge < -0.3 is 9.15 Å². The number of rotatable bonds is 4. The van der Waals surface area contributed by atoms with E-state index in [4.69, 9.17) is 9.15 Å². The molecule has 1 aliphatic carbocycles. The molecule has 0 amide bonds. The van der Waals surface area contributed by atoms with E-state index in [1.165, 1.54) is 6.92 Å². The van der Waals surface area contributed by atoms with E-state index in [0.29, 0.717) is 30.6 Å². The summed E-state index contributed by atoms with van der Waals surface area (Å²) in [5.74, 6) is -2.02. The number of carbonyl (C=O) groups is 3. The van der Waals surface area contributed by atoms with Crippen LogP contribution in [0.15, 0.2) is 33.8 Å². The number of benzene rings is 2. The second-order valence-corrected chi connectivity index (χ2v) is 9.41. The van der Waals surface area contributed by atoms with Crippen molar-refractivity contribution in [1.82, 2.24) is 4.90 Å². The van der Waals surface area contributed by atoms with Crippen LogP contribution >= 0.6 is 0 Å². The highest BCUT2D eigenvalue weighted by Crippen LogP contribution is 2.43. The first kappa shape index (κ1) is 21.5. The smallest absolute Gasteiger partial charge is 0.328 e. The normalized spacial score (nSPS) is 15.5. The number of ether oxygens (including phenoxy) is 1. The minimum absolute atomic E-state index is 0.0499. The minimum atomic E-state index is -4.72. The zero-order valence-corrected chi connectivity index (χ0v) is 18.6. The molecular weight excluding hydrogens is 450 g/mol. The molecule has 2 aromatic carbocycles. The van der Waals surface area contributed by atoms with Gasteiger partial charge in [-0.25, -0.2) is 0 Å².